The van der Waals surface area contributed by atoms with Crippen LogP contribution in [0, 0.1) is 6.92 Å². The third-order valence-corrected chi connectivity index (χ3v) is 3.60. The summed E-state index contributed by atoms with van der Waals surface area (Å²) in [4.78, 5) is 11.3. The molecule has 0 aliphatic rings. The van der Waals surface area contributed by atoms with Gasteiger partial charge in [0.1, 0.15) is 0 Å². The molecule has 3 heteroatoms. The number of para-hydroxylation sites is 1. The Kier molecular flexibility index (Phi) is 4.99. The molecule has 0 aromatic heterocycles. The molecule has 2 aromatic rings. The fourth-order valence-electron chi connectivity index (χ4n) is 2.38. The van der Waals surface area contributed by atoms with Gasteiger partial charge in [0, 0.05) is 6.04 Å². The first-order valence-electron chi connectivity index (χ1n) is 7.21. The summed E-state index contributed by atoms with van der Waals surface area (Å²) in [5, 5.41) is 12.6. The zero-order chi connectivity index (χ0) is 15.2. The van der Waals surface area contributed by atoms with Crippen molar-refractivity contribution in [1.29, 1.82) is 0 Å². The van der Waals surface area contributed by atoms with E-state index in [0.29, 0.717) is 5.56 Å². The highest BCUT2D eigenvalue weighted by atomic mass is 16.4. The Hall–Kier alpha value is -2.29. The molecule has 0 spiro atoms. The van der Waals surface area contributed by atoms with E-state index >= 15 is 0 Å². The topological polar surface area (TPSA) is 49.3 Å². The summed E-state index contributed by atoms with van der Waals surface area (Å²) in [6, 6.07) is 15.9. The molecule has 2 aromatic carbocycles. The van der Waals surface area contributed by atoms with Crippen LogP contribution in [0.25, 0.3) is 0 Å². The van der Waals surface area contributed by atoms with Crippen LogP contribution < -0.4 is 5.32 Å². The Morgan fingerprint density at radius 1 is 1.14 bits per heavy atom. The summed E-state index contributed by atoms with van der Waals surface area (Å²) >= 11 is 0. The van der Waals surface area contributed by atoms with Gasteiger partial charge in [-0.15, -0.1) is 0 Å². The fourth-order valence-corrected chi connectivity index (χ4v) is 2.38. The van der Waals surface area contributed by atoms with E-state index in [2.05, 4.69) is 24.4 Å². The Labute approximate surface area is 125 Å². The van der Waals surface area contributed by atoms with Gasteiger partial charge in [-0.25, -0.2) is 4.79 Å². The zero-order valence-corrected chi connectivity index (χ0v) is 12.5. The van der Waals surface area contributed by atoms with Crippen LogP contribution >= 0.6 is 0 Å². The van der Waals surface area contributed by atoms with Gasteiger partial charge in [0.15, 0.2) is 0 Å². The number of aromatic carboxylic acids is 1. The molecule has 0 saturated heterocycles. The first kappa shape index (κ1) is 15.1. The van der Waals surface area contributed by atoms with Crippen molar-refractivity contribution < 1.29 is 9.90 Å². The highest BCUT2D eigenvalue weighted by Gasteiger charge is 2.13. The molecule has 2 rings (SSSR count). The summed E-state index contributed by atoms with van der Waals surface area (Å²) in [6.07, 6.45) is 1.93. The molecule has 21 heavy (non-hydrogen) atoms. The third kappa shape index (κ3) is 4.09. The van der Waals surface area contributed by atoms with Gasteiger partial charge in [0.2, 0.25) is 0 Å². The molecule has 1 atom stereocenters. The van der Waals surface area contributed by atoms with Crippen LogP contribution in [0.5, 0.6) is 0 Å². The Bertz CT molecular complexity index is 608. The number of anilines is 1. The summed E-state index contributed by atoms with van der Waals surface area (Å²) in [5.74, 6) is -0.892. The number of nitrogens with one attached hydrogen (secondary N) is 1. The molecule has 1 unspecified atom stereocenters. The molecule has 0 amide bonds. The van der Waals surface area contributed by atoms with Crippen LogP contribution in [0.3, 0.4) is 0 Å². The molecule has 0 radical (unpaired) electrons. The van der Waals surface area contributed by atoms with Gasteiger partial charge in [-0.1, -0.05) is 42.5 Å². The maximum Gasteiger partial charge on any atom is 0.337 e. The van der Waals surface area contributed by atoms with E-state index in [0.717, 1.165) is 24.1 Å². The maximum atomic E-state index is 11.3. The fraction of sp³-hybridized carbons (Fsp3) is 0.278. The highest BCUT2D eigenvalue weighted by Crippen LogP contribution is 2.22. The number of carboxylic acids is 1. The Morgan fingerprint density at radius 3 is 2.52 bits per heavy atom. The summed E-state index contributed by atoms with van der Waals surface area (Å²) in [6.45, 7) is 4.01. The first-order valence-corrected chi connectivity index (χ1v) is 7.21. The Balaban J connectivity index is 2.03. The van der Waals surface area contributed by atoms with Crippen molar-refractivity contribution in [3.8, 4) is 0 Å². The van der Waals surface area contributed by atoms with Gasteiger partial charge in [-0.2, -0.15) is 0 Å². The Morgan fingerprint density at radius 2 is 1.86 bits per heavy atom. The lowest BCUT2D eigenvalue weighted by Gasteiger charge is -2.19. The summed E-state index contributed by atoms with van der Waals surface area (Å²) in [5.41, 5.74) is 3.32. The van der Waals surface area contributed by atoms with Crippen LogP contribution in [0.2, 0.25) is 0 Å². The number of hydrogen-bond donors (Lipinski definition) is 2. The van der Waals surface area contributed by atoms with E-state index in [4.69, 9.17) is 0 Å². The second-order valence-electron chi connectivity index (χ2n) is 5.37. The van der Waals surface area contributed by atoms with Gasteiger partial charge in [0.05, 0.1) is 11.3 Å². The quantitative estimate of drug-likeness (QED) is 0.838. The molecule has 0 aliphatic carbocycles. The molecule has 3 nitrogen and oxygen atoms in total. The van der Waals surface area contributed by atoms with Gasteiger partial charge in [0.25, 0.3) is 0 Å². The minimum absolute atomic E-state index is 0.212. The normalized spacial score (nSPS) is 11.9. The second kappa shape index (κ2) is 6.93. The predicted octanol–water partition coefficient (Wildman–Crippen LogP) is 4.13. The van der Waals surface area contributed by atoms with Crippen molar-refractivity contribution >= 4 is 11.7 Å². The van der Waals surface area contributed by atoms with Crippen LogP contribution in [0.1, 0.15) is 34.8 Å². The lowest BCUT2D eigenvalue weighted by molar-refractivity contribution is 0.0698. The average molecular weight is 283 g/mol. The first-order chi connectivity index (χ1) is 10.1. The monoisotopic (exact) mass is 283 g/mol. The molecule has 0 heterocycles. The lowest BCUT2D eigenvalue weighted by Crippen LogP contribution is -2.19. The standard InChI is InChI=1S/C18H21NO2/c1-13-7-6-10-16(18(20)21)17(13)19-14(2)11-12-15-8-4-3-5-9-15/h3-10,14,19H,11-12H2,1-2H3,(H,20,21). The SMILES string of the molecule is Cc1cccc(C(=O)O)c1NC(C)CCc1ccccc1. The lowest BCUT2D eigenvalue weighted by atomic mass is 10.0. The molecule has 0 saturated carbocycles. The van der Waals surface area contributed by atoms with E-state index in [1.165, 1.54) is 5.56 Å². The number of rotatable bonds is 6. The van der Waals surface area contributed by atoms with Crippen LogP contribution in [-0.2, 0) is 6.42 Å². The molecular formula is C18H21NO2. The number of benzene rings is 2. The van der Waals surface area contributed by atoms with E-state index in [1.807, 2.05) is 31.2 Å². The minimum Gasteiger partial charge on any atom is -0.478 e. The molecule has 110 valence electrons. The number of aryl methyl sites for hydroxylation is 2. The van der Waals surface area contributed by atoms with Crippen molar-refractivity contribution in [2.24, 2.45) is 0 Å². The van der Waals surface area contributed by atoms with Crippen molar-refractivity contribution in [1.82, 2.24) is 0 Å². The second-order valence-corrected chi connectivity index (χ2v) is 5.37. The van der Waals surface area contributed by atoms with Gasteiger partial charge < -0.3 is 10.4 Å². The van der Waals surface area contributed by atoms with Crippen LogP contribution in [0.15, 0.2) is 48.5 Å². The number of carbonyl (C=O) groups is 1. The highest BCUT2D eigenvalue weighted by molar-refractivity contribution is 5.95. The van der Waals surface area contributed by atoms with Crippen LogP contribution in [-0.4, -0.2) is 17.1 Å². The van der Waals surface area contributed by atoms with Gasteiger partial charge in [-0.3, -0.25) is 0 Å². The molecule has 0 bridgehead atoms. The predicted molar refractivity (Wildman–Crippen MR) is 86.0 cm³/mol. The van der Waals surface area contributed by atoms with E-state index < -0.39 is 5.97 Å². The summed E-state index contributed by atoms with van der Waals surface area (Å²) < 4.78 is 0. The maximum absolute atomic E-state index is 11.3. The molecule has 2 N–H and O–H groups in total. The van der Waals surface area contributed by atoms with Gasteiger partial charge >= 0.3 is 5.97 Å². The molecule has 0 fully saturated rings. The minimum atomic E-state index is -0.892. The largest absolute Gasteiger partial charge is 0.478 e. The number of hydrogen-bond acceptors (Lipinski definition) is 2. The van der Waals surface area contributed by atoms with Gasteiger partial charge in [-0.05, 0) is 43.9 Å². The average Bonchev–Trinajstić information content (AvgIpc) is 2.48. The van der Waals surface area contributed by atoms with E-state index in [9.17, 15) is 9.90 Å². The smallest absolute Gasteiger partial charge is 0.337 e. The van der Waals surface area contributed by atoms with Crippen molar-refractivity contribution in [3.63, 3.8) is 0 Å². The van der Waals surface area contributed by atoms with Crippen molar-refractivity contribution in [2.45, 2.75) is 32.7 Å². The number of carboxylic acid groups (broad SMARTS) is 1. The molecule has 0 aliphatic heterocycles. The third-order valence-electron chi connectivity index (χ3n) is 3.60. The molecular weight excluding hydrogens is 262 g/mol. The summed E-state index contributed by atoms with van der Waals surface area (Å²) in [7, 11) is 0. The van der Waals surface area contributed by atoms with Crippen molar-refractivity contribution in [2.75, 3.05) is 5.32 Å². The van der Waals surface area contributed by atoms with E-state index in [-0.39, 0.29) is 6.04 Å². The van der Waals surface area contributed by atoms with Crippen LogP contribution in [0.4, 0.5) is 5.69 Å². The van der Waals surface area contributed by atoms with Crippen molar-refractivity contribution in [3.05, 3.63) is 65.2 Å². The zero-order valence-electron chi connectivity index (χ0n) is 12.5. The van der Waals surface area contributed by atoms with E-state index in [1.54, 1.807) is 12.1 Å².